The van der Waals surface area contributed by atoms with Crippen molar-refractivity contribution in [3.05, 3.63) is 24.3 Å². The fraction of sp³-hybridized carbons (Fsp3) is 0.837. The Kier molecular flexibility index (Phi) is 28.9. The predicted octanol–water partition coefficient (Wildman–Crippen LogP) is 8.55. The largest absolute Gasteiger partial charge is 0.472 e. The van der Waals surface area contributed by atoms with Gasteiger partial charge in [0, 0.05) is 31.1 Å². The molecule has 6 atom stereocenters. The van der Waals surface area contributed by atoms with Crippen LogP contribution in [0.25, 0.3) is 0 Å². The van der Waals surface area contributed by atoms with E-state index in [2.05, 4.69) is 13.8 Å². The maximum Gasteiger partial charge on any atom is 0.472 e. The Labute approximate surface area is 339 Å². The van der Waals surface area contributed by atoms with E-state index in [-0.39, 0.29) is 50.1 Å². The average Bonchev–Trinajstić information content (AvgIpc) is 3.40. The number of ether oxygens (including phenoxy) is 2. The maximum atomic E-state index is 12.8. The smallest absolute Gasteiger partial charge is 0.462 e. The van der Waals surface area contributed by atoms with Gasteiger partial charge in [-0.2, -0.15) is 0 Å². The van der Waals surface area contributed by atoms with Crippen LogP contribution in [0.15, 0.2) is 24.3 Å². The first-order valence-corrected chi connectivity index (χ1v) is 23.2. The molecule has 0 aliphatic heterocycles. The van der Waals surface area contributed by atoms with Crippen molar-refractivity contribution < 1.29 is 57.1 Å². The lowest BCUT2D eigenvalue weighted by molar-refractivity contribution is -0.870. The van der Waals surface area contributed by atoms with Gasteiger partial charge in [-0.3, -0.25) is 23.4 Å². The molecular weight excluding hydrogens is 737 g/mol. The first-order chi connectivity index (χ1) is 26.7. The van der Waals surface area contributed by atoms with Gasteiger partial charge in [0.05, 0.1) is 40.0 Å². The second-order valence-corrected chi connectivity index (χ2v) is 18.0. The molecular formula is C43H79NO11P+. The van der Waals surface area contributed by atoms with E-state index in [1.54, 1.807) is 12.2 Å². The van der Waals surface area contributed by atoms with Crippen LogP contribution in [0.5, 0.6) is 0 Å². The van der Waals surface area contributed by atoms with Crippen LogP contribution in [0.4, 0.5) is 0 Å². The molecule has 1 rings (SSSR count). The molecule has 3 N–H and O–H groups in total. The van der Waals surface area contributed by atoms with Crippen molar-refractivity contribution in [1.29, 1.82) is 0 Å². The number of hydrogen-bond donors (Lipinski definition) is 3. The van der Waals surface area contributed by atoms with Gasteiger partial charge < -0.3 is 29.1 Å². The predicted molar refractivity (Wildman–Crippen MR) is 221 cm³/mol. The molecule has 326 valence electrons. The highest BCUT2D eigenvalue weighted by Gasteiger charge is 2.39. The molecule has 0 heterocycles. The SMILES string of the molecule is CCCCCCCCCCCCCCC(=O)OC[C@H](COP(=O)(O)OCC[N+](C)(C)C)OC(=O)CCC/C=C\C[C@H]1C(=O)C[C@@H](O)[C@@H]1/C=C/[C@@H](O)CCCCC. The van der Waals surface area contributed by atoms with E-state index < -0.39 is 44.7 Å². The van der Waals surface area contributed by atoms with Crippen molar-refractivity contribution in [2.75, 3.05) is 47.5 Å². The third-order valence-electron chi connectivity index (χ3n) is 10.1. The fourth-order valence-corrected chi connectivity index (χ4v) is 7.32. The zero-order chi connectivity index (χ0) is 41.7. The summed E-state index contributed by atoms with van der Waals surface area (Å²) in [4.78, 5) is 48.0. The number of allylic oxidation sites excluding steroid dienone is 2. The maximum absolute atomic E-state index is 12.8. The number of unbranched alkanes of at least 4 members (excludes halogenated alkanes) is 14. The number of nitrogens with zero attached hydrogens (tertiary/aromatic N) is 1. The van der Waals surface area contributed by atoms with Crippen LogP contribution in [-0.4, -0.2) is 103 Å². The highest BCUT2D eigenvalue weighted by molar-refractivity contribution is 7.47. The monoisotopic (exact) mass is 817 g/mol. The molecule has 0 spiro atoms. The molecule has 0 aromatic carbocycles. The van der Waals surface area contributed by atoms with E-state index in [1.807, 2.05) is 33.3 Å². The molecule has 1 unspecified atom stereocenters. The first kappa shape index (κ1) is 52.1. The number of phosphoric ester groups is 1. The Hall–Kier alpha value is -1.92. The molecule has 1 aliphatic rings. The van der Waals surface area contributed by atoms with Crippen LogP contribution < -0.4 is 0 Å². The normalized spacial score (nSPS) is 19.8. The number of aliphatic hydroxyl groups is 2. The van der Waals surface area contributed by atoms with E-state index in [1.165, 1.54) is 51.4 Å². The van der Waals surface area contributed by atoms with Gasteiger partial charge in [0.15, 0.2) is 6.10 Å². The number of rotatable bonds is 35. The third-order valence-corrected chi connectivity index (χ3v) is 11.1. The molecule has 0 radical (unpaired) electrons. The van der Waals surface area contributed by atoms with E-state index in [0.29, 0.717) is 43.1 Å². The van der Waals surface area contributed by atoms with Gasteiger partial charge >= 0.3 is 19.8 Å². The van der Waals surface area contributed by atoms with Gasteiger partial charge in [0.25, 0.3) is 0 Å². The average molecular weight is 817 g/mol. The second-order valence-electron chi connectivity index (χ2n) is 16.5. The summed E-state index contributed by atoms with van der Waals surface area (Å²) in [6.07, 6.45) is 24.5. The molecule has 1 saturated carbocycles. The Balaban J connectivity index is 2.54. The summed E-state index contributed by atoms with van der Waals surface area (Å²) in [7, 11) is 1.31. The van der Waals surface area contributed by atoms with Crippen molar-refractivity contribution in [3.8, 4) is 0 Å². The van der Waals surface area contributed by atoms with Crippen molar-refractivity contribution in [2.24, 2.45) is 11.8 Å². The molecule has 0 aromatic heterocycles. The molecule has 13 heteroatoms. The number of ketones is 1. The molecule has 0 saturated heterocycles. The van der Waals surface area contributed by atoms with E-state index in [4.69, 9.17) is 18.5 Å². The Morgan fingerprint density at radius 2 is 1.41 bits per heavy atom. The second kappa shape index (κ2) is 31.1. The summed E-state index contributed by atoms with van der Waals surface area (Å²) < 4.78 is 34.2. The highest BCUT2D eigenvalue weighted by atomic mass is 31.2. The van der Waals surface area contributed by atoms with Gasteiger partial charge in [0.1, 0.15) is 25.5 Å². The zero-order valence-corrected chi connectivity index (χ0v) is 36.5. The van der Waals surface area contributed by atoms with Crippen LogP contribution in [0, 0.1) is 11.8 Å². The number of hydrogen-bond acceptors (Lipinski definition) is 10. The van der Waals surface area contributed by atoms with Crippen LogP contribution >= 0.6 is 7.82 Å². The van der Waals surface area contributed by atoms with Crippen LogP contribution in [0.3, 0.4) is 0 Å². The summed E-state index contributed by atoms with van der Waals surface area (Å²) in [5.41, 5.74) is 0. The molecule has 1 fully saturated rings. The van der Waals surface area contributed by atoms with Crippen molar-refractivity contribution in [1.82, 2.24) is 0 Å². The first-order valence-electron chi connectivity index (χ1n) is 21.7. The lowest BCUT2D eigenvalue weighted by Gasteiger charge is -2.24. The third kappa shape index (κ3) is 27.7. The molecule has 0 amide bonds. The minimum Gasteiger partial charge on any atom is -0.462 e. The summed E-state index contributed by atoms with van der Waals surface area (Å²) in [6.45, 7) is 3.99. The minimum absolute atomic E-state index is 0.00454. The number of carbonyl (C=O) groups is 3. The van der Waals surface area contributed by atoms with Crippen LogP contribution in [-0.2, 0) is 37.5 Å². The quantitative estimate of drug-likeness (QED) is 0.0185. The van der Waals surface area contributed by atoms with Crippen molar-refractivity contribution in [3.63, 3.8) is 0 Å². The van der Waals surface area contributed by atoms with Crippen LogP contribution in [0.1, 0.15) is 155 Å². The number of esters is 2. The number of aliphatic hydroxyl groups excluding tert-OH is 2. The number of quaternary nitrogens is 1. The molecule has 12 nitrogen and oxygen atoms in total. The van der Waals surface area contributed by atoms with E-state index >= 15 is 0 Å². The number of likely N-dealkylation sites (N-methyl/N-ethyl adjacent to an activating group) is 1. The molecule has 0 bridgehead atoms. The lowest BCUT2D eigenvalue weighted by atomic mass is 9.90. The zero-order valence-electron chi connectivity index (χ0n) is 35.6. The Morgan fingerprint density at radius 1 is 0.821 bits per heavy atom. The van der Waals surface area contributed by atoms with Gasteiger partial charge in [-0.15, -0.1) is 0 Å². The van der Waals surface area contributed by atoms with Gasteiger partial charge in [-0.25, -0.2) is 4.57 Å². The van der Waals surface area contributed by atoms with Gasteiger partial charge in [-0.05, 0) is 32.1 Å². The van der Waals surface area contributed by atoms with E-state index in [0.717, 1.165) is 38.5 Å². The Morgan fingerprint density at radius 3 is 2.04 bits per heavy atom. The number of Topliss-reactive ketones (excluding diaryl/α,β-unsaturated/α-hetero) is 1. The molecule has 56 heavy (non-hydrogen) atoms. The van der Waals surface area contributed by atoms with E-state index in [9.17, 15) is 34.1 Å². The Bertz CT molecular complexity index is 1170. The van der Waals surface area contributed by atoms with Crippen LogP contribution in [0.2, 0.25) is 0 Å². The summed E-state index contributed by atoms with van der Waals surface area (Å²) >= 11 is 0. The van der Waals surface area contributed by atoms with Gasteiger partial charge in [0.2, 0.25) is 0 Å². The topological polar surface area (TPSA) is 166 Å². The minimum atomic E-state index is -4.44. The van der Waals surface area contributed by atoms with Crippen molar-refractivity contribution >= 4 is 25.5 Å². The van der Waals surface area contributed by atoms with Gasteiger partial charge in [-0.1, -0.05) is 128 Å². The molecule has 0 aromatic rings. The number of carbonyl (C=O) groups excluding carboxylic acids is 3. The standard InChI is InChI=1S/C43H78NO11P/c1-6-8-10-11-12-13-14-15-16-17-18-23-27-42(48)52-34-37(35-54-56(50,51)53-32-31-44(3,4)5)55-43(49)28-24-20-19-22-26-38-39(41(47)33-40(38)46)30-29-36(45)25-21-9-7-2/h19,22,29-30,36-39,41,45,47H,6-18,20-21,23-28,31-35H2,1-5H3/p+1/b22-19-,30-29+/t36-,37+,38+,39+,41+/m0/s1. The fourth-order valence-electron chi connectivity index (χ4n) is 6.58. The molecule has 1 aliphatic carbocycles. The summed E-state index contributed by atoms with van der Waals surface area (Å²) in [6, 6.07) is 0. The summed E-state index contributed by atoms with van der Waals surface area (Å²) in [5, 5.41) is 20.7. The summed E-state index contributed by atoms with van der Waals surface area (Å²) in [5.74, 6) is -1.72. The van der Waals surface area contributed by atoms with Crippen molar-refractivity contribution in [2.45, 2.75) is 173 Å². The lowest BCUT2D eigenvalue weighted by Crippen LogP contribution is -2.37. The highest BCUT2D eigenvalue weighted by Crippen LogP contribution is 2.43. The number of phosphoric acid groups is 1.